The molecule has 3 aromatic carbocycles. The monoisotopic (exact) mass is 449 g/mol. The van der Waals surface area contributed by atoms with Crippen molar-refractivity contribution < 1.29 is 19.2 Å². The number of nitrogens with zero attached hydrogens (tertiary/aromatic N) is 2. The van der Waals surface area contributed by atoms with Gasteiger partial charge in [0.05, 0.1) is 29.0 Å². The number of hydrogen-bond acceptors (Lipinski definition) is 6. The van der Waals surface area contributed by atoms with Crippen LogP contribution in [-0.2, 0) is 9.59 Å². The van der Waals surface area contributed by atoms with Crippen LogP contribution >= 0.6 is 11.6 Å². The third-order valence-corrected chi connectivity index (χ3v) is 5.12. The quantitative estimate of drug-likeness (QED) is 0.334. The predicted molar refractivity (Wildman–Crippen MR) is 121 cm³/mol. The van der Waals surface area contributed by atoms with Crippen molar-refractivity contribution in [3.05, 3.63) is 99.2 Å². The fraction of sp³-hybridized carbons (Fsp3) is 0.0435. The highest BCUT2D eigenvalue weighted by atomic mass is 35.5. The van der Waals surface area contributed by atoms with Crippen molar-refractivity contribution in [2.75, 3.05) is 17.3 Å². The second-order valence-corrected chi connectivity index (χ2v) is 7.24. The number of carbonyl (C=O) groups is 2. The molecule has 0 aliphatic carbocycles. The first-order chi connectivity index (χ1) is 15.4. The lowest BCUT2D eigenvalue weighted by molar-refractivity contribution is -0.384. The fourth-order valence-electron chi connectivity index (χ4n) is 3.39. The summed E-state index contributed by atoms with van der Waals surface area (Å²) in [6.45, 7) is 0. The summed E-state index contributed by atoms with van der Waals surface area (Å²) in [7, 11) is 1.47. The number of methoxy groups -OCH3 is 1. The number of nitrogens with one attached hydrogen (secondary N) is 1. The zero-order valence-corrected chi connectivity index (χ0v) is 17.5. The zero-order chi connectivity index (χ0) is 22.8. The van der Waals surface area contributed by atoms with Crippen molar-refractivity contribution in [1.29, 1.82) is 0 Å². The van der Waals surface area contributed by atoms with Gasteiger partial charge in [-0.05, 0) is 48.0 Å². The van der Waals surface area contributed by atoms with Gasteiger partial charge in [0, 0.05) is 17.2 Å². The molecule has 0 fully saturated rings. The second-order valence-electron chi connectivity index (χ2n) is 6.80. The number of anilines is 2. The lowest BCUT2D eigenvalue weighted by atomic mass is 10.0. The molecule has 32 heavy (non-hydrogen) atoms. The summed E-state index contributed by atoms with van der Waals surface area (Å²) in [6.07, 6.45) is 0. The molecule has 0 radical (unpaired) electrons. The Balaban J connectivity index is 1.85. The molecule has 0 bridgehead atoms. The smallest absolute Gasteiger partial charge is 0.282 e. The van der Waals surface area contributed by atoms with E-state index in [1.807, 2.05) is 0 Å². The van der Waals surface area contributed by atoms with Crippen molar-refractivity contribution in [1.82, 2.24) is 0 Å². The van der Waals surface area contributed by atoms with Gasteiger partial charge in [-0.25, -0.2) is 4.90 Å². The van der Waals surface area contributed by atoms with E-state index in [-0.39, 0.29) is 17.0 Å². The third kappa shape index (κ3) is 3.79. The number of amides is 2. The molecular weight excluding hydrogens is 434 g/mol. The molecule has 0 saturated carbocycles. The van der Waals surface area contributed by atoms with Gasteiger partial charge in [-0.15, -0.1) is 0 Å². The van der Waals surface area contributed by atoms with Crippen LogP contribution < -0.4 is 15.0 Å². The van der Waals surface area contributed by atoms with Gasteiger partial charge in [0.15, 0.2) is 0 Å². The van der Waals surface area contributed by atoms with E-state index < -0.39 is 16.7 Å². The molecule has 0 unspecified atom stereocenters. The van der Waals surface area contributed by atoms with Crippen LogP contribution in [0.5, 0.6) is 5.75 Å². The molecule has 0 aromatic heterocycles. The minimum atomic E-state index is -0.573. The molecule has 4 rings (SSSR count). The largest absolute Gasteiger partial charge is 0.495 e. The Labute approximate surface area is 187 Å². The molecular formula is C23H16ClN3O5. The van der Waals surface area contributed by atoms with Crippen molar-refractivity contribution in [2.24, 2.45) is 0 Å². The molecule has 1 heterocycles. The number of ether oxygens (including phenoxy) is 1. The average molecular weight is 450 g/mol. The molecule has 8 nitrogen and oxygen atoms in total. The normalized spacial score (nSPS) is 13.5. The van der Waals surface area contributed by atoms with Crippen LogP contribution in [0, 0.1) is 10.1 Å². The van der Waals surface area contributed by atoms with E-state index in [1.54, 1.807) is 48.5 Å². The Kier molecular flexibility index (Phi) is 5.61. The van der Waals surface area contributed by atoms with Gasteiger partial charge < -0.3 is 10.1 Å². The highest BCUT2D eigenvalue weighted by Crippen LogP contribution is 2.36. The lowest BCUT2D eigenvalue weighted by Crippen LogP contribution is -2.32. The molecule has 160 valence electrons. The van der Waals surface area contributed by atoms with Crippen LogP contribution in [0.4, 0.5) is 17.1 Å². The van der Waals surface area contributed by atoms with E-state index in [0.717, 1.165) is 4.90 Å². The fourth-order valence-corrected chi connectivity index (χ4v) is 3.56. The molecule has 2 amide bonds. The lowest BCUT2D eigenvalue weighted by Gasteiger charge is -2.16. The summed E-state index contributed by atoms with van der Waals surface area (Å²) < 4.78 is 5.34. The highest BCUT2D eigenvalue weighted by molar-refractivity contribution is 6.46. The number of hydrogen-bond donors (Lipinski definition) is 1. The number of imide groups is 1. The Morgan fingerprint density at radius 1 is 0.969 bits per heavy atom. The van der Waals surface area contributed by atoms with Gasteiger partial charge in [0.1, 0.15) is 11.4 Å². The van der Waals surface area contributed by atoms with Crippen LogP contribution in [0.15, 0.2) is 78.5 Å². The SMILES string of the molecule is COc1ccc(Cl)cc1NC1=C(c2ccc([N+](=O)[O-])cc2)C(=O)N(c2ccccc2)C1=O. The molecule has 3 aromatic rings. The maximum Gasteiger partial charge on any atom is 0.282 e. The van der Waals surface area contributed by atoms with Gasteiger partial charge in [0.25, 0.3) is 17.5 Å². The summed E-state index contributed by atoms with van der Waals surface area (Å²) >= 11 is 6.11. The Morgan fingerprint density at radius 2 is 1.66 bits per heavy atom. The van der Waals surface area contributed by atoms with E-state index >= 15 is 0 Å². The first-order valence-electron chi connectivity index (χ1n) is 9.44. The van der Waals surface area contributed by atoms with E-state index in [0.29, 0.717) is 27.7 Å². The molecule has 0 atom stereocenters. The molecule has 1 aliphatic rings. The average Bonchev–Trinajstić information content (AvgIpc) is 3.04. The maximum atomic E-state index is 13.4. The van der Waals surface area contributed by atoms with Gasteiger partial charge in [-0.2, -0.15) is 0 Å². The number of non-ortho nitro benzene ring substituents is 1. The minimum Gasteiger partial charge on any atom is -0.495 e. The number of para-hydroxylation sites is 1. The summed E-state index contributed by atoms with van der Waals surface area (Å²) in [4.78, 5) is 38.3. The summed E-state index contributed by atoms with van der Waals surface area (Å²) in [6, 6.07) is 18.8. The van der Waals surface area contributed by atoms with Crippen LogP contribution in [0.3, 0.4) is 0 Å². The number of nitro groups is 1. The summed E-state index contributed by atoms with van der Waals surface area (Å²) in [5.74, 6) is -0.710. The molecule has 9 heteroatoms. The van der Waals surface area contributed by atoms with Crippen LogP contribution in [0.25, 0.3) is 5.57 Å². The number of benzene rings is 3. The molecule has 0 spiro atoms. The molecule has 1 N–H and O–H groups in total. The first kappa shape index (κ1) is 21.1. The number of carbonyl (C=O) groups excluding carboxylic acids is 2. The van der Waals surface area contributed by atoms with Gasteiger partial charge in [0.2, 0.25) is 0 Å². The van der Waals surface area contributed by atoms with E-state index in [9.17, 15) is 19.7 Å². The number of rotatable bonds is 6. The Morgan fingerprint density at radius 3 is 2.28 bits per heavy atom. The molecule has 0 saturated heterocycles. The van der Waals surface area contributed by atoms with Gasteiger partial charge in [-0.1, -0.05) is 29.8 Å². The Bertz CT molecular complexity index is 1260. The topological polar surface area (TPSA) is 102 Å². The van der Waals surface area contributed by atoms with Gasteiger partial charge >= 0.3 is 0 Å². The number of halogens is 1. The van der Waals surface area contributed by atoms with Crippen LogP contribution in [-0.4, -0.2) is 23.8 Å². The summed E-state index contributed by atoms with van der Waals surface area (Å²) in [5, 5.41) is 14.4. The third-order valence-electron chi connectivity index (χ3n) is 4.89. The summed E-state index contributed by atoms with van der Waals surface area (Å²) in [5.41, 5.74) is 1.11. The van der Waals surface area contributed by atoms with Crippen molar-refractivity contribution in [3.63, 3.8) is 0 Å². The van der Waals surface area contributed by atoms with E-state index in [1.165, 1.54) is 31.4 Å². The van der Waals surface area contributed by atoms with Gasteiger partial charge in [-0.3, -0.25) is 19.7 Å². The number of nitro benzene ring substituents is 1. The van der Waals surface area contributed by atoms with Crippen molar-refractivity contribution >= 4 is 46.1 Å². The first-order valence-corrected chi connectivity index (χ1v) is 9.82. The maximum absolute atomic E-state index is 13.4. The standard InChI is InChI=1S/C23H16ClN3O5/c1-32-19-12-9-15(24)13-18(19)25-21-20(14-7-10-17(11-8-14)27(30)31)22(28)26(23(21)29)16-5-3-2-4-6-16/h2-13,25H,1H3. The van der Waals surface area contributed by atoms with E-state index in [2.05, 4.69) is 5.32 Å². The van der Waals surface area contributed by atoms with Crippen molar-refractivity contribution in [3.8, 4) is 5.75 Å². The van der Waals surface area contributed by atoms with Crippen molar-refractivity contribution in [2.45, 2.75) is 0 Å². The minimum absolute atomic E-state index is 0.00766. The van der Waals surface area contributed by atoms with Crippen LogP contribution in [0.1, 0.15) is 5.56 Å². The molecule has 1 aliphatic heterocycles. The Hall–Kier alpha value is -4.17. The highest BCUT2D eigenvalue weighted by Gasteiger charge is 2.40. The van der Waals surface area contributed by atoms with E-state index in [4.69, 9.17) is 16.3 Å². The second kappa shape index (κ2) is 8.52. The zero-order valence-electron chi connectivity index (χ0n) is 16.7. The predicted octanol–water partition coefficient (Wildman–Crippen LogP) is 4.65. The van der Waals surface area contributed by atoms with Crippen LogP contribution in [0.2, 0.25) is 5.02 Å².